The average Bonchev–Trinajstić information content (AvgIpc) is 3.01. The van der Waals surface area contributed by atoms with Crippen LogP contribution in [0.2, 0.25) is 0 Å². The van der Waals surface area contributed by atoms with E-state index in [0.717, 1.165) is 0 Å². The summed E-state index contributed by atoms with van der Waals surface area (Å²) in [5, 5.41) is 4.04. The number of esters is 1. The number of carbonyl (C=O) groups excluding carboxylic acids is 1. The molecule has 0 unspecified atom stereocenters. The highest BCUT2D eigenvalue weighted by molar-refractivity contribution is 7.92. The van der Waals surface area contributed by atoms with Crippen LogP contribution in [0.15, 0.2) is 23.2 Å². The number of methoxy groups -OCH3 is 3. The summed E-state index contributed by atoms with van der Waals surface area (Å²) >= 11 is 0. The van der Waals surface area contributed by atoms with E-state index in [1.165, 1.54) is 39.7 Å². The summed E-state index contributed by atoms with van der Waals surface area (Å²) in [4.78, 5) is 12.1. The molecule has 0 aliphatic rings. The molecule has 0 bridgehead atoms. The fraction of sp³-hybridized carbons (Fsp3) is 0.375. The van der Waals surface area contributed by atoms with Gasteiger partial charge in [-0.2, -0.15) is 5.10 Å². The minimum Gasteiger partial charge on any atom is -0.493 e. The molecule has 142 valence electrons. The Bertz CT molecular complexity index is 920. The second kappa shape index (κ2) is 7.65. The summed E-state index contributed by atoms with van der Waals surface area (Å²) in [6.07, 6.45) is 1.26. The van der Waals surface area contributed by atoms with Crippen LogP contribution in [-0.2, 0) is 21.3 Å². The molecule has 0 saturated heterocycles. The van der Waals surface area contributed by atoms with Crippen molar-refractivity contribution in [2.45, 2.75) is 25.3 Å². The Labute approximate surface area is 151 Å². The Morgan fingerprint density at radius 3 is 2.31 bits per heavy atom. The van der Waals surface area contributed by atoms with Crippen LogP contribution in [0.25, 0.3) is 0 Å². The third-order valence-electron chi connectivity index (χ3n) is 3.82. The number of anilines is 1. The standard InChI is InChI=1S/C16H21N3O6S/c1-6-19-10(2)15(9-17-19)26(21,22)18-12-8-14(24-4)13(23-3)7-11(12)16(20)25-5/h7-9,18H,6H2,1-5H3. The Morgan fingerprint density at radius 2 is 1.81 bits per heavy atom. The van der Waals surface area contributed by atoms with Gasteiger partial charge in [0, 0.05) is 18.7 Å². The molecule has 0 spiro atoms. The van der Waals surface area contributed by atoms with E-state index in [-0.39, 0.29) is 27.6 Å². The number of hydrogen-bond acceptors (Lipinski definition) is 7. The van der Waals surface area contributed by atoms with E-state index in [0.29, 0.717) is 12.2 Å². The maximum atomic E-state index is 12.8. The molecule has 2 aromatic rings. The van der Waals surface area contributed by atoms with Crippen LogP contribution >= 0.6 is 0 Å². The molecule has 26 heavy (non-hydrogen) atoms. The molecule has 1 aromatic heterocycles. The van der Waals surface area contributed by atoms with E-state index in [2.05, 4.69) is 9.82 Å². The van der Waals surface area contributed by atoms with Gasteiger partial charge in [-0.1, -0.05) is 0 Å². The molecule has 1 aromatic carbocycles. The van der Waals surface area contributed by atoms with Crippen LogP contribution in [0.4, 0.5) is 5.69 Å². The van der Waals surface area contributed by atoms with Crippen LogP contribution in [0, 0.1) is 6.92 Å². The zero-order valence-electron chi connectivity index (χ0n) is 15.2. The highest BCUT2D eigenvalue weighted by Crippen LogP contribution is 2.35. The number of rotatable bonds is 7. The lowest BCUT2D eigenvalue weighted by Gasteiger charge is -2.15. The van der Waals surface area contributed by atoms with Gasteiger partial charge in [-0.25, -0.2) is 13.2 Å². The third-order valence-corrected chi connectivity index (χ3v) is 5.29. The lowest BCUT2D eigenvalue weighted by molar-refractivity contribution is 0.0601. The van der Waals surface area contributed by atoms with Gasteiger partial charge in [0.25, 0.3) is 10.0 Å². The minimum atomic E-state index is -3.98. The highest BCUT2D eigenvalue weighted by atomic mass is 32.2. The van der Waals surface area contributed by atoms with Crippen molar-refractivity contribution in [2.24, 2.45) is 0 Å². The summed E-state index contributed by atoms with van der Waals surface area (Å²) in [6, 6.07) is 2.72. The first-order valence-corrected chi connectivity index (χ1v) is 9.16. The van der Waals surface area contributed by atoms with E-state index < -0.39 is 16.0 Å². The summed E-state index contributed by atoms with van der Waals surface area (Å²) in [5.74, 6) is -0.186. The van der Waals surface area contributed by atoms with Gasteiger partial charge < -0.3 is 14.2 Å². The normalized spacial score (nSPS) is 11.1. The number of sulfonamides is 1. The summed E-state index contributed by atoms with van der Waals surface area (Å²) in [5.41, 5.74) is 0.493. The molecular formula is C16H21N3O6S. The third kappa shape index (κ3) is 3.59. The van der Waals surface area contributed by atoms with Crippen molar-refractivity contribution >= 4 is 21.7 Å². The average molecular weight is 383 g/mol. The van der Waals surface area contributed by atoms with E-state index >= 15 is 0 Å². The van der Waals surface area contributed by atoms with Crippen molar-refractivity contribution < 1.29 is 27.4 Å². The first kappa shape index (κ1) is 19.6. The van der Waals surface area contributed by atoms with Gasteiger partial charge in [-0.3, -0.25) is 9.40 Å². The molecule has 0 atom stereocenters. The van der Waals surface area contributed by atoms with Crippen molar-refractivity contribution in [3.63, 3.8) is 0 Å². The van der Waals surface area contributed by atoms with Gasteiger partial charge in [-0.05, 0) is 13.8 Å². The molecule has 1 heterocycles. The largest absolute Gasteiger partial charge is 0.493 e. The topological polar surface area (TPSA) is 109 Å². The second-order valence-electron chi connectivity index (χ2n) is 5.26. The number of ether oxygens (including phenoxy) is 3. The van der Waals surface area contributed by atoms with Crippen molar-refractivity contribution in [1.82, 2.24) is 9.78 Å². The van der Waals surface area contributed by atoms with Gasteiger partial charge in [0.05, 0.1) is 44.5 Å². The van der Waals surface area contributed by atoms with Crippen LogP contribution < -0.4 is 14.2 Å². The molecule has 0 aliphatic heterocycles. The van der Waals surface area contributed by atoms with Crippen molar-refractivity contribution in [2.75, 3.05) is 26.1 Å². The number of aromatic nitrogens is 2. The van der Waals surface area contributed by atoms with Crippen molar-refractivity contribution in [1.29, 1.82) is 0 Å². The van der Waals surface area contributed by atoms with Crippen LogP contribution in [0.5, 0.6) is 11.5 Å². The summed E-state index contributed by atoms with van der Waals surface area (Å²) in [7, 11) is 0.0357. The van der Waals surface area contributed by atoms with Crippen LogP contribution in [0.1, 0.15) is 23.0 Å². The molecular weight excluding hydrogens is 362 g/mol. The van der Waals surface area contributed by atoms with Crippen molar-refractivity contribution in [3.05, 3.63) is 29.6 Å². The first-order chi connectivity index (χ1) is 12.3. The summed E-state index contributed by atoms with van der Waals surface area (Å²) < 4.78 is 44.6. The van der Waals surface area contributed by atoms with Crippen molar-refractivity contribution in [3.8, 4) is 11.5 Å². The lowest BCUT2D eigenvalue weighted by Crippen LogP contribution is -2.17. The Morgan fingerprint density at radius 1 is 1.19 bits per heavy atom. The van der Waals surface area contributed by atoms with Crippen LogP contribution in [-0.4, -0.2) is 45.5 Å². The van der Waals surface area contributed by atoms with E-state index in [1.54, 1.807) is 11.6 Å². The fourth-order valence-corrected chi connectivity index (χ4v) is 3.70. The number of nitrogens with zero attached hydrogens (tertiary/aromatic N) is 2. The predicted octanol–water partition coefficient (Wildman–Crippen LogP) is 1.82. The molecule has 0 fully saturated rings. The summed E-state index contributed by atoms with van der Waals surface area (Å²) in [6.45, 7) is 4.04. The maximum absolute atomic E-state index is 12.8. The number of aryl methyl sites for hydroxylation is 1. The molecule has 1 N–H and O–H groups in total. The van der Waals surface area contributed by atoms with Gasteiger partial charge in [-0.15, -0.1) is 0 Å². The van der Waals surface area contributed by atoms with Gasteiger partial charge in [0.15, 0.2) is 11.5 Å². The zero-order valence-corrected chi connectivity index (χ0v) is 16.0. The molecule has 0 radical (unpaired) electrons. The quantitative estimate of drug-likeness (QED) is 0.726. The molecule has 10 heteroatoms. The van der Waals surface area contributed by atoms with E-state index in [9.17, 15) is 13.2 Å². The SMILES string of the molecule is CCn1ncc(S(=O)(=O)Nc2cc(OC)c(OC)cc2C(=O)OC)c1C. The Balaban J connectivity index is 2.56. The number of benzene rings is 1. The van der Waals surface area contributed by atoms with Gasteiger partial charge in [0.2, 0.25) is 0 Å². The molecule has 9 nitrogen and oxygen atoms in total. The van der Waals surface area contributed by atoms with Gasteiger partial charge >= 0.3 is 5.97 Å². The van der Waals surface area contributed by atoms with Gasteiger partial charge in [0.1, 0.15) is 4.90 Å². The minimum absolute atomic E-state index is 0.00531. The monoisotopic (exact) mass is 383 g/mol. The second-order valence-corrected chi connectivity index (χ2v) is 6.91. The van der Waals surface area contributed by atoms with Crippen LogP contribution in [0.3, 0.4) is 0 Å². The molecule has 2 rings (SSSR count). The number of nitrogens with one attached hydrogen (secondary N) is 1. The predicted molar refractivity (Wildman–Crippen MR) is 94.3 cm³/mol. The highest BCUT2D eigenvalue weighted by Gasteiger charge is 2.25. The number of hydrogen-bond donors (Lipinski definition) is 1. The lowest BCUT2D eigenvalue weighted by atomic mass is 10.1. The first-order valence-electron chi connectivity index (χ1n) is 7.68. The molecule has 0 amide bonds. The fourth-order valence-electron chi connectivity index (χ4n) is 2.45. The maximum Gasteiger partial charge on any atom is 0.340 e. The number of carbonyl (C=O) groups is 1. The smallest absolute Gasteiger partial charge is 0.340 e. The van der Waals surface area contributed by atoms with E-state index in [4.69, 9.17) is 14.2 Å². The molecule has 0 saturated carbocycles. The zero-order chi connectivity index (χ0) is 19.5. The Kier molecular flexibility index (Phi) is 5.76. The molecule has 0 aliphatic carbocycles. The Hall–Kier alpha value is -2.75. The van der Waals surface area contributed by atoms with E-state index in [1.807, 2.05) is 6.92 Å².